The molecule has 0 saturated heterocycles. The quantitative estimate of drug-likeness (QED) is 0.936. The Morgan fingerprint density at radius 3 is 2.50 bits per heavy atom. The summed E-state index contributed by atoms with van der Waals surface area (Å²) < 4.78 is 5.67. The Kier molecular flexibility index (Phi) is 4.51. The Bertz CT molecular complexity index is 728. The normalized spacial score (nSPS) is 15.3. The molecule has 1 aliphatic rings. The number of rotatable bonds is 4. The number of fused-ring (bicyclic) bond motifs is 1. The molecule has 5 heteroatoms. The van der Waals surface area contributed by atoms with Crippen molar-refractivity contribution in [3.05, 3.63) is 65.2 Å². The number of hydrogen-bond acceptors (Lipinski definition) is 3. The first kappa shape index (κ1) is 16.1. The van der Waals surface area contributed by atoms with Crippen molar-refractivity contribution in [1.29, 1.82) is 0 Å². The van der Waals surface area contributed by atoms with Gasteiger partial charge < -0.3 is 15.0 Å². The number of benzene rings is 2. The molecule has 0 radical (unpaired) electrons. The summed E-state index contributed by atoms with van der Waals surface area (Å²) >= 11 is 0. The van der Waals surface area contributed by atoms with Crippen LogP contribution < -0.4 is 10.1 Å². The smallest absolute Gasteiger partial charge is 0.261 e. The zero-order valence-corrected chi connectivity index (χ0v) is 13.8. The second-order valence-corrected chi connectivity index (χ2v) is 6.03. The third-order valence-electron chi connectivity index (χ3n) is 4.01. The van der Waals surface area contributed by atoms with Crippen molar-refractivity contribution in [3.8, 4) is 5.75 Å². The van der Waals surface area contributed by atoms with Crippen molar-refractivity contribution in [2.45, 2.75) is 19.1 Å². The molecule has 1 heterocycles. The third kappa shape index (κ3) is 3.40. The minimum Gasteiger partial charge on any atom is -0.480 e. The van der Waals surface area contributed by atoms with Gasteiger partial charge in [0.1, 0.15) is 5.75 Å². The summed E-state index contributed by atoms with van der Waals surface area (Å²) in [5, 5.41) is 2.89. The lowest BCUT2D eigenvalue weighted by Gasteiger charge is -2.12. The van der Waals surface area contributed by atoms with Crippen LogP contribution in [0.5, 0.6) is 5.75 Å². The molecule has 2 amide bonds. The van der Waals surface area contributed by atoms with Crippen molar-refractivity contribution >= 4 is 11.8 Å². The highest BCUT2D eigenvalue weighted by molar-refractivity contribution is 5.93. The Balaban J connectivity index is 1.55. The predicted molar refractivity (Wildman–Crippen MR) is 90.9 cm³/mol. The summed E-state index contributed by atoms with van der Waals surface area (Å²) in [5.74, 6) is 0.617. The van der Waals surface area contributed by atoms with E-state index in [4.69, 9.17) is 4.74 Å². The van der Waals surface area contributed by atoms with Crippen LogP contribution in [0.1, 0.15) is 21.5 Å². The summed E-state index contributed by atoms with van der Waals surface area (Å²) in [4.78, 5) is 25.6. The van der Waals surface area contributed by atoms with Gasteiger partial charge in [-0.05, 0) is 29.3 Å². The first-order valence-electron chi connectivity index (χ1n) is 7.87. The van der Waals surface area contributed by atoms with E-state index in [1.807, 2.05) is 36.4 Å². The van der Waals surface area contributed by atoms with Crippen LogP contribution in [0.4, 0.5) is 0 Å². The lowest BCUT2D eigenvalue weighted by molar-refractivity contribution is -0.127. The van der Waals surface area contributed by atoms with Crippen LogP contribution >= 0.6 is 0 Å². The molecule has 3 rings (SSSR count). The van der Waals surface area contributed by atoms with Crippen LogP contribution in [0.25, 0.3) is 0 Å². The van der Waals surface area contributed by atoms with Crippen molar-refractivity contribution < 1.29 is 14.3 Å². The molecular weight excluding hydrogens is 304 g/mol. The molecule has 0 bridgehead atoms. The van der Waals surface area contributed by atoms with Gasteiger partial charge in [0, 0.05) is 32.6 Å². The lowest BCUT2D eigenvalue weighted by Crippen LogP contribution is -2.37. The maximum atomic E-state index is 12.3. The van der Waals surface area contributed by atoms with Crippen LogP contribution in [0.2, 0.25) is 0 Å². The Hall–Kier alpha value is -2.82. The van der Waals surface area contributed by atoms with E-state index in [2.05, 4.69) is 5.32 Å². The lowest BCUT2D eigenvalue weighted by atomic mass is 10.1. The van der Waals surface area contributed by atoms with Crippen molar-refractivity contribution in [1.82, 2.24) is 10.2 Å². The molecule has 0 fully saturated rings. The third-order valence-corrected chi connectivity index (χ3v) is 4.01. The minimum atomic E-state index is -0.475. The Morgan fingerprint density at radius 2 is 1.83 bits per heavy atom. The van der Waals surface area contributed by atoms with Crippen LogP contribution in [-0.2, 0) is 17.8 Å². The maximum Gasteiger partial charge on any atom is 0.261 e. The average molecular weight is 324 g/mol. The SMILES string of the molecule is CN(C)C(=O)c1ccc(CNC(=O)C2Cc3ccccc3O2)cc1. The first-order valence-corrected chi connectivity index (χ1v) is 7.87. The van der Waals surface area contributed by atoms with Gasteiger partial charge in [-0.2, -0.15) is 0 Å². The molecule has 1 N–H and O–H groups in total. The number of nitrogens with zero attached hydrogens (tertiary/aromatic N) is 1. The summed E-state index contributed by atoms with van der Waals surface area (Å²) in [6.07, 6.45) is 0.121. The molecule has 2 aromatic carbocycles. The standard InChI is InChI=1S/C19H20N2O3/c1-21(2)19(23)14-9-7-13(8-10-14)12-20-18(22)17-11-15-5-3-4-6-16(15)24-17/h3-10,17H,11-12H2,1-2H3,(H,20,22). The van der Waals surface area contributed by atoms with E-state index in [-0.39, 0.29) is 11.8 Å². The van der Waals surface area contributed by atoms with E-state index < -0.39 is 6.10 Å². The summed E-state index contributed by atoms with van der Waals surface area (Å²) in [7, 11) is 3.44. The largest absolute Gasteiger partial charge is 0.480 e. The minimum absolute atomic E-state index is 0.0392. The van der Waals surface area contributed by atoms with Gasteiger partial charge in [-0.15, -0.1) is 0 Å². The van der Waals surface area contributed by atoms with E-state index in [1.54, 1.807) is 26.2 Å². The molecule has 1 atom stereocenters. The van der Waals surface area contributed by atoms with Crippen LogP contribution in [0.15, 0.2) is 48.5 Å². The van der Waals surface area contributed by atoms with Crippen LogP contribution in [0.3, 0.4) is 0 Å². The summed E-state index contributed by atoms with van der Waals surface area (Å²) in [5.41, 5.74) is 2.63. The molecule has 0 saturated carbocycles. The monoisotopic (exact) mass is 324 g/mol. The molecule has 0 spiro atoms. The second kappa shape index (κ2) is 6.74. The molecule has 1 unspecified atom stereocenters. The number of carbonyl (C=O) groups excluding carboxylic acids is 2. The zero-order chi connectivity index (χ0) is 17.1. The Morgan fingerprint density at radius 1 is 1.12 bits per heavy atom. The van der Waals surface area contributed by atoms with E-state index in [0.717, 1.165) is 16.9 Å². The maximum absolute atomic E-state index is 12.3. The molecule has 0 aromatic heterocycles. The van der Waals surface area contributed by atoms with Gasteiger partial charge in [0.05, 0.1) is 0 Å². The van der Waals surface area contributed by atoms with Gasteiger partial charge in [0.2, 0.25) is 0 Å². The van der Waals surface area contributed by atoms with Crippen molar-refractivity contribution in [2.75, 3.05) is 14.1 Å². The van der Waals surface area contributed by atoms with Gasteiger partial charge in [-0.1, -0.05) is 30.3 Å². The van der Waals surface area contributed by atoms with Crippen LogP contribution in [-0.4, -0.2) is 36.9 Å². The highest BCUT2D eigenvalue weighted by Crippen LogP contribution is 2.28. The van der Waals surface area contributed by atoms with Gasteiger partial charge in [0.25, 0.3) is 11.8 Å². The van der Waals surface area contributed by atoms with Crippen molar-refractivity contribution in [3.63, 3.8) is 0 Å². The zero-order valence-electron chi connectivity index (χ0n) is 13.8. The average Bonchev–Trinajstić information content (AvgIpc) is 3.03. The fourth-order valence-corrected chi connectivity index (χ4v) is 2.65. The highest BCUT2D eigenvalue weighted by atomic mass is 16.5. The fourth-order valence-electron chi connectivity index (χ4n) is 2.65. The molecule has 5 nitrogen and oxygen atoms in total. The fraction of sp³-hybridized carbons (Fsp3) is 0.263. The number of ether oxygens (including phenoxy) is 1. The molecule has 124 valence electrons. The summed E-state index contributed by atoms with van der Waals surface area (Å²) in [6, 6.07) is 14.9. The highest BCUT2D eigenvalue weighted by Gasteiger charge is 2.28. The first-order chi connectivity index (χ1) is 11.5. The molecule has 2 aromatic rings. The van der Waals surface area contributed by atoms with E-state index >= 15 is 0 Å². The molecule has 1 aliphatic heterocycles. The summed E-state index contributed by atoms with van der Waals surface area (Å²) in [6.45, 7) is 0.408. The van der Waals surface area contributed by atoms with Gasteiger partial charge in [-0.3, -0.25) is 9.59 Å². The van der Waals surface area contributed by atoms with Crippen LogP contribution in [0, 0.1) is 0 Å². The Labute approximate surface area is 141 Å². The van der Waals surface area contributed by atoms with E-state index in [1.165, 1.54) is 4.90 Å². The molecular formula is C19H20N2O3. The van der Waals surface area contributed by atoms with E-state index in [0.29, 0.717) is 18.5 Å². The number of para-hydroxylation sites is 1. The topological polar surface area (TPSA) is 58.6 Å². The van der Waals surface area contributed by atoms with Crippen molar-refractivity contribution in [2.24, 2.45) is 0 Å². The number of nitrogens with one attached hydrogen (secondary N) is 1. The second-order valence-electron chi connectivity index (χ2n) is 6.03. The number of carbonyl (C=O) groups is 2. The number of hydrogen-bond donors (Lipinski definition) is 1. The number of amides is 2. The predicted octanol–water partition coefficient (Wildman–Crippen LogP) is 2.01. The van der Waals surface area contributed by atoms with E-state index in [9.17, 15) is 9.59 Å². The molecule has 0 aliphatic carbocycles. The van der Waals surface area contributed by atoms with Gasteiger partial charge >= 0.3 is 0 Å². The molecule has 24 heavy (non-hydrogen) atoms. The van der Waals surface area contributed by atoms with Gasteiger partial charge in [-0.25, -0.2) is 0 Å². The van der Waals surface area contributed by atoms with Gasteiger partial charge in [0.15, 0.2) is 6.10 Å².